The summed E-state index contributed by atoms with van der Waals surface area (Å²) in [6, 6.07) is 15.9. The molecule has 0 amide bonds. The Morgan fingerprint density at radius 2 is 1.73 bits per heavy atom. The molecule has 0 bridgehead atoms. The van der Waals surface area contributed by atoms with Gasteiger partial charge in [-0.25, -0.2) is 9.97 Å². The van der Waals surface area contributed by atoms with Gasteiger partial charge < -0.3 is 14.8 Å². The summed E-state index contributed by atoms with van der Waals surface area (Å²) in [5.41, 5.74) is 3.07. The molecule has 2 aromatic heterocycles. The van der Waals surface area contributed by atoms with Crippen LogP contribution < -0.4 is 14.8 Å². The van der Waals surface area contributed by atoms with Crippen LogP contribution in [-0.4, -0.2) is 24.2 Å². The van der Waals surface area contributed by atoms with Crippen LogP contribution in [0.15, 0.2) is 60.2 Å². The van der Waals surface area contributed by atoms with Gasteiger partial charge in [-0.2, -0.15) is 0 Å². The summed E-state index contributed by atoms with van der Waals surface area (Å²) in [7, 11) is 3.27. The molecule has 4 aromatic rings. The summed E-state index contributed by atoms with van der Waals surface area (Å²) in [5, 5.41) is 6.48. The van der Waals surface area contributed by atoms with E-state index in [1.807, 2.05) is 48.5 Å². The molecule has 1 N–H and O–H groups in total. The first-order valence-corrected chi connectivity index (χ1v) is 8.95. The number of nitrogens with zero attached hydrogens (tertiary/aromatic N) is 2. The van der Waals surface area contributed by atoms with Gasteiger partial charge in [0.25, 0.3) is 0 Å². The molecule has 0 spiro atoms. The molecule has 2 aromatic carbocycles. The van der Waals surface area contributed by atoms with Crippen molar-refractivity contribution in [2.75, 3.05) is 19.5 Å². The lowest BCUT2D eigenvalue weighted by Gasteiger charge is -2.11. The summed E-state index contributed by atoms with van der Waals surface area (Å²) >= 11 is 1.59. The maximum absolute atomic E-state index is 5.44. The molecule has 6 heteroatoms. The number of thiophene rings is 1. The molecule has 26 heavy (non-hydrogen) atoms. The molecule has 0 unspecified atom stereocenters. The van der Waals surface area contributed by atoms with Crippen molar-refractivity contribution in [3.63, 3.8) is 0 Å². The van der Waals surface area contributed by atoms with Crippen LogP contribution in [0.4, 0.5) is 11.5 Å². The first-order valence-electron chi connectivity index (χ1n) is 8.07. The number of para-hydroxylation sites is 1. The lowest BCUT2D eigenvalue weighted by atomic mass is 10.1. The van der Waals surface area contributed by atoms with Gasteiger partial charge >= 0.3 is 0 Å². The first kappa shape index (κ1) is 16.4. The number of nitrogens with one attached hydrogen (secondary N) is 1. The molecule has 4 rings (SSSR count). The Balaban J connectivity index is 1.84. The molecule has 130 valence electrons. The highest BCUT2D eigenvalue weighted by molar-refractivity contribution is 7.17. The summed E-state index contributed by atoms with van der Waals surface area (Å²) in [6.45, 7) is 0. The third-order valence-electron chi connectivity index (χ3n) is 4.10. The maximum Gasteiger partial charge on any atom is 0.161 e. The lowest BCUT2D eigenvalue weighted by Crippen LogP contribution is -1.95. The monoisotopic (exact) mass is 363 g/mol. The standard InChI is InChI=1S/C20H17N3O2S/c1-24-16-9-8-13(10-17(16)25-2)15-11-26-20-18(15)19(21-12-22-20)23-14-6-4-3-5-7-14/h3-12H,1-2H3,(H,21,22,23). The van der Waals surface area contributed by atoms with Crippen molar-refractivity contribution >= 4 is 33.1 Å². The fourth-order valence-corrected chi connectivity index (χ4v) is 3.76. The van der Waals surface area contributed by atoms with Gasteiger partial charge in [0.1, 0.15) is 17.0 Å². The molecule has 2 heterocycles. The number of anilines is 2. The fourth-order valence-electron chi connectivity index (χ4n) is 2.84. The Hall–Kier alpha value is -3.12. The van der Waals surface area contributed by atoms with Crippen molar-refractivity contribution in [2.45, 2.75) is 0 Å². The zero-order valence-electron chi connectivity index (χ0n) is 14.4. The van der Waals surface area contributed by atoms with Crippen molar-refractivity contribution in [1.29, 1.82) is 0 Å². The van der Waals surface area contributed by atoms with E-state index in [-0.39, 0.29) is 0 Å². The summed E-state index contributed by atoms with van der Waals surface area (Å²) in [6.07, 6.45) is 1.59. The van der Waals surface area contributed by atoms with Gasteiger partial charge in [-0.15, -0.1) is 11.3 Å². The van der Waals surface area contributed by atoms with Gasteiger partial charge in [0, 0.05) is 16.6 Å². The van der Waals surface area contributed by atoms with Crippen LogP contribution in [-0.2, 0) is 0 Å². The van der Waals surface area contributed by atoms with E-state index in [0.717, 1.165) is 32.8 Å². The molecular formula is C20H17N3O2S. The number of rotatable bonds is 5. The van der Waals surface area contributed by atoms with Crippen molar-refractivity contribution in [3.05, 3.63) is 60.2 Å². The molecule has 0 saturated carbocycles. The predicted octanol–water partition coefficient (Wildman–Crippen LogP) is 5.12. The fraction of sp³-hybridized carbons (Fsp3) is 0.100. The molecule has 0 fully saturated rings. The van der Waals surface area contributed by atoms with E-state index in [9.17, 15) is 0 Å². The van der Waals surface area contributed by atoms with E-state index < -0.39 is 0 Å². The van der Waals surface area contributed by atoms with Crippen LogP contribution in [0.2, 0.25) is 0 Å². The van der Waals surface area contributed by atoms with Gasteiger partial charge in [0.05, 0.1) is 19.6 Å². The van der Waals surface area contributed by atoms with E-state index in [2.05, 4.69) is 20.7 Å². The molecule has 0 radical (unpaired) electrons. The summed E-state index contributed by atoms with van der Waals surface area (Å²) < 4.78 is 10.8. The first-order chi connectivity index (χ1) is 12.8. The smallest absolute Gasteiger partial charge is 0.161 e. The van der Waals surface area contributed by atoms with Crippen molar-refractivity contribution in [2.24, 2.45) is 0 Å². The van der Waals surface area contributed by atoms with E-state index in [1.165, 1.54) is 0 Å². The number of hydrogen-bond acceptors (Lipinski definition) is 6. The second kappa shape index (κ2) is 7.01. The highest BCUT2D eigenvalue weighted by Crippen LogP contribution is 2.40. The minimum absolute atomic E-state index is 0.693. The van der Waals surface area contributed by atoms with E-state index in [4.69, 9.17) is 9.47 Å². The Morgan fingerprint density at radius 3 is 2.50 bits per heavy atom. The average molecular weight is 363 g/mol. The zero-order valence-corrected chi connectivity index (χ0v) is 15.2. The van der Waals surface area contributed by atoms with Gasteiger partial charge in [-0.1, -0.05) is 24.3 Å². The quantitative estimate of drug-likeness (QED) is 0.533. The Kier molecular flexibility index (Phi) is 4.41. The average Bonchev–Trinajstić information content (AvgIpc) is 3.13. The summed E-state index contributed by atoms with van der Waals surface area (Å²) in [4.78, 5) is 9.82. The van der Waals surface area contributed by atoms with E-state index in [1.54, 1.807) is 31.9 Å². The topological polar surface area (TPSA) is 56.3 Å². The second-order valence-corrected chi connectivity index (χ2v) is 6.47. The minimum Gasteiger partial charge on any atom is -0.493 e. The van der Waals surface area contributed by atoms with Crippen LogP contribution in [0.25, 0.3) is 21.3 Å². The van der Waals surface area contributed by atoms with E-state index >= 15 is 0 Å². The Bertz CT molecular complexity index is 1050. The number of methoxy groups -OCH3 is 2. The number of benzene rings is 2. The van der Waals surface area contributed by atoms with Crippen LogP contribution in [0.3, 0.4) is 0 Å². The van der Waals surface area contributed by atoms with E-state index in [0.29, 0.717) is 11.5 Å². The van der Waals surface area contributed by atoms with Gasteiger partial charge in [-0.3, -0.25) is 0 Å². The highest BCUT2D eigenvalue weighted by atomic mass is 32.1. The molecule has 0 aliphatic carbocycles. The highest BCUT2D eigenvalue weighted by Gasteiger charge is 2.15. The SMILES string of the molecule is COc1ccc(-c2csc3ncnc(Nc4ccccc4)c23)cc1OC. The normalized spacial score (nSPS) is 10.7. The number of ether oxygens (including phenoxy) is 2. The molecule has 0 aliphatic heterocycles. The lowest BCUT2D eigenvalue weighted by molar-refractivity contribution is 0.355. The third-order valence-corrected chi connectivity index (χ3v) is 4.99. The third kappa shape index (κ3) is 2.95. The second-order valence-electron chi connectivity index (χ2n) is 5.61. The number of fused-ring (bicyclic) bond motifs is 1. The zero-order chi connectivity index (χ0) is 17.9. The molecule has 5 nitrogen and oxygen atoms in total. The Morgan fingerprint density at radius 1 is 0.923 bits per heavy atom. The summed E-state index contributed by atoms with van der Waals surface area (Å²) in [5.74, 6) is 2.18. The molecule has 0 saturated heterocycles. The van der Waals surface area contributed by atoms with Crippen LogP contribution >= 0.6 is 11.3 Å². The molecule has 0 aliphatic rings. The van der Waals surface area contributed by atoms with Gasteiger partial charge in [-0.05, 0) is 29.8 Å². The minimum atomic E-state index is 0.693. The van der Waals surface area contributed by atoms with Crippen LogP contribution in [0, 0.1) is 0 Å². The number of hydrogen-bond donors (Lipinski definition) is 1. The van der Waals surface area contributed by atoms with Gasteiger partial charge in [0.15, 0.2) is 11.5 Å². The van der Waals surface area contributed by atoms with Crippen molar-refractivity contribution < 1.29 is 9.47 Å². The van der Waals surface area contributed by atoms with Gasteiger partial charge in [0.2, 0.25) is 0 Å². The maximum atomic E-state index is 5.44. The predicted molar refractivity (Wildman–Crippen MR) is 106 cm³/mol. The Labute approximate surface area is 155 Å². The molecule has 0 atom stereocenters. The van der Waals surface area contributed by atoms with Crippen LogP contribution in [0.5, 0.6) is 11.5 Å². The number of aromatic nitrogens is 2. The van der Waals surface area contributed by atoms with Crippen molar-refractivity contribution in [3.8, 4) is 22.6 Å². The van der Waals surface area contributed by atoms with Crippen LogP contribution in [0.1, 0.15) is 0 Å². The van der Waals surface area contributed by atoms with Crippen molar-refractivity contribution in [1.82, 2.24) is 9.97 Å². The molecular weight excluding hydrogens is 346 g/mol. The largest absolute Gasteiger partial charge is 0.493 e.